The average molecular weight is 220 g/mol. The Hall–Kier alpha value is -2.36. The molecule has 0 saturated heterocycles. The zero-order chi connectivity index (χ0) is 15.9. The van der Waals surface area contributed by atoms with Crippen LogP contribution < -0.4 is 5.56 Å². The summed E-state index contributed by atoms with van der Waals surface area (Å²) < 4.78 is 38.6. The van der Waals surface area contributed by atoms with Crippen molar-refractivity contribution >= 4 is 5.97 Å². The molecule has 0 fully saturated rings. The molecule has 0 unspecified atom stereocenters. The molecule has 1 aromatic heterocycles. The van der Waals surface area contributed by atoms with Gasteiger partial charge < -0.3 is 5.11 Å². The Balaban J connectivity index is 2.97. The van der Waals surface area contributed by atoms with Gasteiger partial charge in [-0.3, -0.25) is 9.36 Å². The molecule has 0 atom stereocenters. The van der Waals surface area contributed by atoms with E-state index in [0.29, 0.717) is 4.57 Å². The van der Waals surface area contributed by atoms with Gasteiger partial charge in [0.2, 0.25) is 0 Å². The third-order valence-corrected chi connectivity index (χ3v) is 1.81. The molecule has 4 heteroatoms. The quantitative estimate of drug-likeness (QED) is 0.835. The highest BCUT2D eigenvalue weighted by Crippen LogP contribution is 2.05. The number of nitrogens with zero attached hydrogens (tertiary/aromatic N) is 1. The molecule has 1 aromatic carbocycles. The summed E-state index contributed by atoms with van der Waals surface area (Å²) >= 11 is 0. The van der Waals surface area contributed by atoms with Crippen molar-refractivity contribution in [2.75, 3.05) is 0 Å². The first-order valence-corrected chi connectivity index (χ1v) is 4.30. The molecule has 80 valence electrons. The smallest absolute Gasteiger partial charge is 0.337 e. The molecule has 0 aliphatic heterocycles. The highest BCUT2D eigenvalue weighted by molar-refractivity contribution is 5.87. The van der Waals surface area contributed by atoms with E-state index in [2.05, 4.69) is 0 Å². The van der Waals surface area contributed by atoms with Crippen molar-refractivity contribution in [1.82, 2.24) is 4.57 Å². The van der Waals surface area contributed by atoms with Crippen LogP contribution in [0.15, 0.2) is 53.3 Å². The van der Waals surface area contributed by atoms with E-state index in [-0.39, 0.29) is 17.8 Å². The van der Waals surface area contributed by atoms with E-state index in [9.17, 15) is 9.59 Å². The van der Waals surface area contributed by atoms with Gasteiger partial charge >= 0.3 is 5.97 Å². The van der Waals surface area contributed by atoms with E-state index in [4.69, 9.17) is 12.0 Å². The zero-order valence-electron chi connectivity index (χ0n) is 12.9. The number of aromatic carboxylic acids is 1. The largest absolute Gasteiger partial charge is 0.478 e. The maximum absolute atomic E-state index is 12.0. The van der Waals surface area contributed by atoms with Crippen molar-refractivity contribution in [3.05, 3.63) is 64.5 Å². The van der Waals surface area contributed by atoms with Crippen molar-refractivity contribution in [1.29, 1.82) is 0 Å². The lowest BCUT2D eigenvalue weighted by atomic mass is 10.2. The van der Waals surface area contributed by atoms with Crippen molar-refractivity contribution in [2.24, 2.45) is 0 Å². The number of carbonyl (C=O) groups is 1. The van der Waals surface area contributed by atoms with E-state index in [0.717, 1.165) is 0 Å². The minimum Gasteiger partial charge on any atom is -0.478 e. The van der Waals surface area contributed by atoms with E-state index in [1.807, 2.05) is 0 Å². The van der Waals surface area contributed by atoms with Crippen LogP contribution in [-0.4, -0.2) is 15.6 Å². The second kappa shape index (κ2) is 4.02. The third kappa shape index (κ3) is 1.86. The Kier molecular flexibility index (Phi) is 1.42. The van der Waals surface area contributed by atoms with Gasteiger partial charge in [0.15, 0.2) is 0 Å². The first kappa shape index (κ1) is 5.65. The maximum atomic E-state index is 12.0. The minimum absolute atomic E-state index is 0.173. The lowest BCUT2D eigenvalue weighted by molar-refractivity contribution is 0.0696. The number of hydrogen-bond acceptors (Lipinski definition) is 2. The Bertz CT molecular complexity index is 816. The van der Waals surface area contributed by atoms with Crippen LogP contribution in [0.5, 0.6) is 0 Å². The molecule has 2 rings (SSSR count). The second-order valence-corrected chi connectivity index (χ2v) is 2.86. The van der Waals surface area contributed by atoms with Crippen LogP contribution in [-0.2, 0) is 0 Å². The molecule has 0 aliphatic rings. The maximum Gasteiger partial charge on any atom is 0.337 e. The van der Waals surface area contributed by atoms with Crippen molar-refractivity contribution < 1.29 is 16.8 Å². The van der Waals surface area contributed by atoms with Gasteiger partial charge in [0.1, 0.15) is 0 Å². The average Bonchev–Trinajstić information content (AvgIpc) is 2.41. The SMILES string of the molecule is [2H]c1cccc(-n2c([2H])c(C(=O)O)c([2H])c([2H])c2=O)c1[2H]. The molecule has 4 nitrogen and oxygen atoms in total. The zero-order valence-corrected chi connectivity index (χ0v) is 7.94. The monoisotopic (exact) mass is 220 g/mol. The van der Waals surface area contributed by atoms with E-state index >= 15 is 0 Å². The molecule has 2 aromatic rings. The Morgan fingerprint density at radius 3 is 2.88 bits per heavy atom. The summed E-state index contributed by atoms with van der Waals surface area (Å²) in [6, 6.07) is 1.65. The van der Waals surface area contributed by atoms with Gasteiger partial charge in [0, 0.05) is 17.9 Å². The predicted molar refractivity (Wildman–Crippen MR) is 59.0 cm³/mol. The molecule has 1 heterocycles. The molecule has 0 spiro atoms. The van der Waals surface area contributed by atoms with E-state index in [1.165, 1.54) is 18.2 Å². The van der Waals surface area contributed by atoms with Crippen LogP contribution in [0.2, 0.25) is 0 Å². The fourth-order valence-electron chi connectivity index (χ4n) is 1.11. The van der Waals surface area contributed by atoms with Crippen LogP contribution in [0, 0.1) is 0 Å². The van der Waals surface area contributed by atoms with E-state index < -0.39 is 35.3 Å². The highest BCUT2D eigenvalue weighted by Gasteiger charge is 2.05. The number of aromatic nitrogens is 1. The minimum atomic E-state index is -1.61. The summed E-state index contributed by atoms with van der Waals surface area (Å²) in [5.41, 5.74) is -2.04. The predicted octanol–water partition coefficient (Wildman–Crippen LogP) is 1.54. The van der Waals surface area contributed by atoms with Crippen molar-refractivity contribution in [3.8, 4) is 5.69 Å². The molecular formula is C12H9NO3. The van der Waals surface area contributed by atoms with Crippen LogP contribution in [0.4, 0.5) is 0 Å². The van der Waals surface area contributed by atoms with Crippen molar-refractivity contribution in [3.63, 3.8) is 0 Å². The lowest BCUT2D eigenvalue weighted by Crippen LogP contribution is -2.18. The normalized spacial score (nSPS) is 14.4. The summed E-state index contributed by atoms with van der Waals surface area (Å²) in [6.07, 6.45) is -0.799. The number of para-hydroxylation sites is 1. The number of rotatable bonds is 2. The highest BCUT2D eigenvalue weighted by atomic mass is 16.4. The van der Waals surface area contributed by atoms with Crippen LogP contribution in [0.3, 0.4) is 0 Å². The molecule has 16 heavy (non-hydrogen) atoms. The van der Waals surface area contributed by atoms with Crippen molar-refractivity contribution in [2.45, 2.75) is 0 Å². The Morgan fingerprint density at radius 2 is 2.12 bits per heavy atom. The molecule has 0 saturated carbocycles. The molecule has 1 N–H and O–H groups in total. The van der Waals surface area contributed by atoms with Crippen LogP contribution >= 0.6 is 0 Å². The van der Waals surface area contributed by atoms with Gasteiger partial charge in [-0.05, 0) is 18.2 Å². The first-order valence-electron chi connectivity index (χ1n) is 6.80. The molecule has 0 bridgehead atoms. The number of pyridine rings is 1. The summed E-state index contributed by atoms with van der Waals surface area (Å²) in [7, 11) is 0. The number of carboxylic acids is 1. The third-order valence-electron chi connectivity index (χ3n) is 1.81. The molecule has 0 aliphatic carbocycles. The molecule has 0 radical (unpaired) electrons. The molecule has 0 amide bonds. The molecular weight excluding hydrogens is 206 g/mol. The van der Waals surface area contributed by atoms with Gasteiger partial charge in [-0.2, -0.15) is 0 Å². The number of carboxylic acid groups (broad SMARTS) is 1. The topological polar surface area (TPSA) is 59.3 Å². The second-order valence-electron chi connectivity index (χ2n) is 2.86. The van der Waals surface area contributed by atoms with E-state index in [1.54, 1.807) is 0 Å². The first-order chi connectivity index (χ1) is 9.77. The van der Waals surface area contributed by atoms with Gasteiger partial charge in [-0.15, -0.1) is 0 Å². The summed E-state index contributed by atoms with van der Waals surface area (Å²) in [5, 5.41) is 9.03. The summed E-state index contributed by atoms with van der Waals surface area (Å²) in [4.78, 5) is 23.2. The van der Waals surface area contributed by atoms with Gasteiger partial charge in [0.05, 0.1) is 12.4 Å². The van der Waals surface area contributed by atoms with Crippen LogP contribution in [0.25, 0.3) is 5.69 Å². The lowest BCUT2D eigenvalue weighted by Gasteiger charge is -2.05. The van der Waals surface area contributed by atoms with Gasteiger partial charge in [0.25, 0.3) is 5.56 Å². The summed E-state index contributed by atoms with van der Waals surface area (Å²) in [6.45, 7) is 0. The number of benzene rings is 1. The standard InChI is InChI=1S/C12H9NO3/c14-11-7-6-9(12(15)16)8-13(11)10-4-2-1-3-5-10/h1-8H,(H,15,16)/i2D,4D,6D,7D,8D. The Labute approximate surface area is 98.4 Å². The van der Waals surface area contributed by atoms with Gasteiger partial charge in [-0.25, -0.2) is 4.79 Å². The fourth-order valence-corrected chi connectivity index (χ4v) is 1.11. The van der Waals surface area contributed by atoms with Gasteiger partial charge in [-0.1, -0.05) is 18.2 Å². The fraction of sp³-hybridized carbons (Fsp3) is 0. The Morgan fingerprint density at radius 1 is 1.31 bits per heavy atom. The summed E-state index contributed by atoms with van der Waals surface area (Å²) in [5.74, 6) is -1.61. The van der Waals surface area contributed by atoms with Crippen LogP contribution in [0.1, 0.15) is 17.2 Å². The number of hydrogen-bond donors (Lipinski definition) is 1.